The Bertz CT molecular complexity index is 929. The van der Waals surface area contributed by atoms with Crippen LogP contribution in [0.3, 0.4) is 0 Å². The summed E-state index contributed by atoms with van der Waals surface area (Å²) in [6.07, 6.45) is 0. The van der Waals surface area contributed by atoms with Crippen LogP contribution in [0.25, 0.3) is 0 Å². The number of anilines is 1. The molecule has 0 aromatic heterocycles. The highest BCUT2D eigenvalue weighted by atomic mass is 35.5. The Morgan fingerprint density at radius 2 is 1.62 bits per heavy atom. The number of carbonyl (C=O) groups excluding carboxylic acids is 1. The predicted molar refractivity (Wildman–Crippen MR) is 105 cm³/mol. The zero-order chi connectivity index (χ0) is 19.6. The number of rotatable bonds is 5. The average Bonchev–Trinajstić information content (AvgIpc) is 2.55. The first-order valence-electron chi connectivity index (χ1n) is 8.13. The Kier molecular flexibility index (Phi) is 6.11. The second-order valence-electron chi connectivity index (χ2n) is 6.38. The molecule has 2 aromatic carbocycles. The van der Waals surface area contributed by atoms with Crippen molar-refractivity contribution in [1.29, 1.82) is 0 Å². The quantitative estimate of drug-likeness (QED) is 0.837. The highest BCUT2D eigenvalue weighted by molar-refractivity contribution is 7.89. The number of nitrogens with zero attached hydrogens (tertiary/aromatic N) is 1. The molecule has 0 unspecified atom stereocenters. The van der Waals surface area contributed by atoms with Crippen molar-refractivity contribution < 1.29 is 13.2 Å². The number of hydrogen-bond acceptors (Lipinski definition) is 3. The van der Waals surface area contributed by atoms with E-state index in [1.54, 1.807) is 38.1 Å². The Balaban J connectivity index is 2.28. The standard InChI is InChI=1S/C19H23ClN2O3S/c1-12-10-13(2)15(4)19(14(12)3)26(24,25)22(5)11-18(23)21-17-9-7-6-8-16(17)20/h6-10H,11H2,1-5H3,(H,21,23). The first kappa shape index (κ1) is 20.4. The molecular formula is C19H23ClN2O3S. The van der Waals surface area contributed by atoms with Crippen LogP contribution in [-0.2, 0) is 14.8 Å². The number of amides is 1. The summed E-state index contributed by atoms with van der Waals surface area (Å²) in [5.41, 5.74) is 3.66. The van der Waals surface area contributed by atoms with Crippen molar-refractivity contribution in [2.45, 2.75) is 32.6 Å². The molecule has 0 aliphatic heterocycles. The summed E-state index contributed by atoms with van der Waals surface area (Å²) in [5, 5.41) is 3.04. The minimum absolute atomic E-state index is 0.267. The van der Waals surface area contributed by atoms with E-state index in [4.69, 9.17) is 11.6 Å². The van der Waals surface area contributed by atoms with E-state index in [0.29, 0.717) is 21.8 Å². The Labute approximate surface area is 160 Å². The molecule has 7 heteroatoms. The summed E-state index contributed by atoms with van der Waals surface area (Å²) < 4.78 is 27.2. The molecule has 0 spiro atoms. The molecule has 0 saturated heterocycles. The molecule has 0 fully saturated rings. The summed E-state index contributed by atoms with van der Waals surface area (Å²) in [6, 6.07) is 8.77. The lowest BCUT2D eigenvalue weighted by Crippen LogP contribution is -2.35. The van der Waals surface area contributed by atoms with Crippen molar-refractivity contribution in [2.24, 2.45) is 0 Å². The normalized spacial score (nSPS) is 11.7. The maximum atomic E-state index is 13.1. The van der Waals surface area contributed by atoms with Crippen LogP contribution < -0.4 is 5.32 Å². The maximum absolute atomic E-state index is 13.1. The van der Waals surface area contributed by atoms with Crippen LogP contribution >= 0.6 is 11.6 Å². The summed E-state index contributed by atoms with van der Waals surface area (Å²) >= 11 is 6.02. The van der Waals surface area contributed by atoms with Gasteiger partial charge in [0.05, 0.1) is 22.2 Å². The van der Waals surface area contributed by atoms with Crippen LogP contribution in [0.1, 0.15) is 22.3 Å². The SMILES string of the molecule is Cc1cc(C)c(C)c(S(=O)(=O)N(C)CC(=O)Nc2ccccc2Cl)c1C. The highest BCUT2D eigenvalue weighted by Gasteiger charge is 2.28. The van der Waals surface area contributed by atoms with Crippen LogP contribution in [0.5, 0.6) is 0 Å². The van der Waals surface area contributed by atoms with E-state index in [0.717, 1.165) is 15.4 Å². The summed E-state index contributed by atoms with van der Waals surface area (Å²) in [5.74, 6) is -0.455. The van der Waals surface area contributed by atoms with Gasteiger partial charge < -0.3 is 5.32 Å². The molecule has 0 aliphatic carbocycles. The molecule has 140 valence electrons. The molecule has 0 bridgehead atoms. The van der Waals surface area contributed by atoms with Gasteiger partial charge in [-0.3, -0.25) is 4.79 Å². The van der Waals surface area contributed by atoms with Gasteiger partial charge in [-0.1, -0.05) is 29.8 Å². The molecular weight excluding hydrogens is 372 g/mol. The third-order valence-electron chi connectivity index (χ3n) is 4.48. The molecule has 0 heterocycles. The molecule has 0 atom stereocenters. The summed E-state index contributed by atoms with van der Waals surface area (Å²) in [4.78, 5) is 12.5. The minimum atomic E-state index is -3.80. The second kappa shape index (κ2) is 7.78. The first-order chi connectivity index (χ1) is 12.1. The van der Waals surface area contributed by atoms with Crippen molar-refractivity contribution in [1.82, 2.24) is 4.31 Å². The van der Waals surface area contributed by atoms with E-state index in [1.165, 1.54) is 7.05 Å². The Morgan fingerprint density at radius 1 is 1.08 bits per heavy atom. The molecule has 1 N–H and O–H groups in total. The summed E-state index contributed by atoms with van der Waals surface area (Å²) in [6.45, 7) is 7.02. The number of sulfonamides is 1. The van der Waals surface area contributed by atoms with E-state index in [1.807, 2.05) is 19.9 Å². The van der Waals surface area contributed by atoms with E-state index in [9.17, 15) is 13.2 Å². The Morgan fingerprint density at radius 3 is 2.15 bits per heavy atom. The second-order valence-corrected chi connectivity index (χ2v) is 8.77. The lowest BCUT2D eigenvalue weighted by molar-refractivity contribution is -0.116. The number of likely N-dealkylation sites (N-methyl/N-ethyl adjacent to an activating group) is 1. The van der Waals surface area contributed by atoms with Gasteiger partial charge in [0.15, 0.2) is 0 Å². The average molecular weight is 395 g/mol. The largest absolute Gasteiger partial charge is 0.324 e. The van der Waals surface area contributed by atoms with Gasteiger partial charge in [-0.15, -0.1) is 0 Å². The van der Waals surface area contributed by atoms with Gasteiger partial charge in [-0.05, 0) is 62.1 Å². The predicted octanol–water partition coefficient (Wildman–Crippen LogP) is 3.83. The van der Waals surface area contributed by atoms with Gasteiger partial charge in [0.1, 0.15) is 0 Å². The van der Waals surface area contributed by atoms with Gasteiger partial charge in [0, 0.05) is 7.05 Å². The van der Waals surface area contributed by atoms with Crippen molar-refractivity contribution in [3.63, 3.8) is 0 Å². The Hall–Kier alpha value is -1.89. The molecule has 0 aliphatic rings. The number of benzene rings is 2. The number of halogens is 1. The van der Waals surface area contributed by atoms with Gasteiger partial charge in [-0.2, -0.15) is 4.31 Å². The first-order valence-corrected chi connectivity index (χ1v) is 9.95. The molecule has 1 amide bonds. The number of aryl methyl sites for hydroxylation is 2. The lowest BCUT2D eigenvalue weighted by Gasteiger charge is -2.22. The van der Waals surface area contributed by atoms with Crippen LogP contribution in [0.4, 0.5) is 5.69 Å². The summed E-state index contributed by atoms with van der Waals surface area (Å²) in [7, 11) is -2.40. The van der Waals surface area contributed by atoms with Crippen LogP contribution in [0.2, 0.25) is 5.02 Å². The van der Waals surface area contributed by atoms with Crippen LogP contribution in [0, 0.1) is 27.7 Å². The van der Waals surface area contributed by atoms with Gasteiger partial charge >= 0.3 is 0 Å². The molecule has 2 rings (SSSR count). The van der Waals surface area contributed by atoms with Crippen LogP contribution in [-0.4, -0.2) is 32.2 Å². The monoisotopic (exact) mass is 394 g/mol. The molecule has 5 nitrogen and oxygen atoms in total. The number of hydrogen-bond donors (Lipinski definition) is 1. The zero-order valence-electron chi connectivity index (χ0n) is 15.6. The highest BCUT2D eigenvalue weighted by Crippen LogP contribution is 2.28. The molecule has 2 aromatic rings. The fraction of sp³-hybridized carbons (Fsp3) is 0.316. The number of para-hydroxylation sites is 1. The fourth-order valence-electron chi connectivity index (χ4n) is 2.76. The van der Waals surface area contributed by atoms with Crippen LogP contribution in [0.15, 0.2) is 35.2 Å². The topological polar surface area (TPSA) is 66.5 Å². The van der Waals surface area contributed by atoms with Crippen molar-refractivity contribution in [3.8, 4) is 0 Å². The third kappa shape index (κ3) is 4.09. The number of carbonyl (C=O) groups is 1. The maximum Gasteiger partial charge on any atom is 0.243 e. The van der Waals surface area contributed by atoms with Crippen molar-refractivity contribution >= 4 is 33.2 Å². The van der Waals surface area contributed by atoms with Crippen molar-refractivity contribution in [2.75, 3.05) is 18.9 Å². The molecule has 0 radical (unpaired) electrons. The van der Waals surface area contributed by atoms with Gasteiger partial charge in [-0.25, -0.2) is 8.42 Å². The minimum Gasteiger partial charge on any atom is -0.324 e. The smallest absolute Gasteiger partial charge is 0.243 e. The fourth-order valence-corrected chi connectivity index (χ4v) is 4.64. The zero-order valence-corrected chi connectivity index (χ0v) is 17.1. The van der Waals surface area contributed by atoms with E-state index >= 15 is 0 Å². The number of nitrogens with one attached hydrogen (secondary N) is 1. The van der Waals surface area contributed by atoms with E-state index in [2.05, 4.69) is 5.32 Å². The molecule has 26 heavy (non-hydrogen) atoms. The van der Waals surface area contributed by atoms with E-state index < -0.39 is 15.9 Å². The van der Waals surface area contributed by atoms with Gasteiger partial charge in [0.2, 0.25) is 15.9 Å². The molecule has 0 saturated carbocycles. The van der Waals surface area contributed by atoms with E-state index in [-0.39, 0.29) is 11.4 Å². The van der Waals surface area contributed by atoms with Crippen molar-refractivity contribution in [3.05, 3.63) is 57.6 Å². The lowest BCUT2D eigenvalue weighted by atomic mass is 10.0. The van der Waals surface area contributed by atoms with Gasteiger partial charge in [0.25, 0.3) is 0 Å². The third-order valence-corrected chi connectivity index (χ3v) is 6.89.